The Morgan fingerprint density at radius 3 is 2.49 bits per heavy atom. The average Bonchev–Trinajstić information content (AvgIpc) is 3.12. The van der Waals surface area contributed by atoms with Crippen LogP contribution in [0.25, 0.3) is 10.8 Å². The molecule has 3 aromatic rings. The lowest BCUT2D eigenvalue weighted by atomic mass is 9.98. The van der Waals surface area contributed by atoms with E-state index in [0.29, 0.717) is 34.4 Å². The standard InChI is InChI=1S/C26H28O9/c1-13-11-20(31-2)23-17(32-13)7-4-8-18(23)33-16-9-10-19(22-14(16)5-3-6-15(22)28)34-26-25(30)24(29)21(12-27)35-26/h3-10,13,20-21,24-30H,11-12H2,1-2H3/t13-,20-,21+,24+,25+,26-/m0/s1. The number of rotatable bonds is 6. The minimum absolute atomic E-state index is 0.00835. The quantitative estimate of drug-likeness (QED) is 0.418. The van der Waals surface area contributed by atoms with E-state index in [0.717, 1.165) is 5.56 Å². The second-order valence-corrected chi connectivity index (χ2v) is 8.74. The highest BCUT2D eigenvalue weighted by atomic mass is 16.7. The number of aliphatic hydroxyl groups excluding tert-OH is 3. The monoisotopic (exact) mass is 484 g/mol. The molecule has 0 saturated carbocycles. The van der Waals surface area contributed by atoms with Crippen molar-refractivity contribution in [2.45, 2.75) is 50.2 Å². The van der Waals surface area contributed by atoms with Gasteiger partial charge in [0.25, 0.3) is 0 Å². The van der Waals surface area contributed by atoms with Crippen LogP contribution in [0.4, 0.5) is 0 Å². The van der Waals surface area contributed by atoms with Crippen LogP contribution in [0.3, 0.4) is 0 Å². The molecule has 0 bridgehead atoms. The van der Waals surface area contributed by atoms with E-state index < -0.39 is 31.2 Å². The van der Waals surface area contributed by atoms with Crippen LogP contribution in [0, 0.1) is 0 Å². The first kappa shape index (κ1) is 23.7. The zero-order chi connectivity index (χ0) is 24.7. The van der Waals surface area contributed by atoms with Crippen LogP contribution in [0.2, 0.25) is 0 Å². The fourth-order valence-electron chi connectivity index (χ4n) is 4.65. The van der Waals surface area contributed by atoms with Crippen LogP contribution in [-0.2, 0) is 9.47 Å². The molecule has 9 heteroatoms. The van der Waals surface area contributed by atoms with E-state index in [1.54, 1.807) is 31.4 Å². The number of ether oxygens (including phenoxy) is 5. The van der Waals surface area contributed by atoms with Crippen LogP contribution in [0.15, 0.2) is 48.5 Å². The van der Waals surface area contributed by atoms with Gasteiger partial charge in [0.1, 0.15) is 47.1 Å². The summed E-state index contributed by atoms with van der Waals surface area (Å²) in [5, 5.41) is 41.2. The number of phenolic OH excluding ortho intramolecular Hbond substituents is 1. The number of phenols is 1. The van der Waals surface area contributed by atoms with Crippen molar-refractivity contribution in [2.75, 3.05) is 13.7 Å². The summed E-state index contributed by atoms with van der Waals surface area (Å²) in [6.07, 6.45) is -4.36. The molecule has 0 spiro atoms. The van der Waals surface area contributed by atoms with Crippen molar-refractivity contribution < 1.29 is 44.1 Å². The molecule has 35 heavy (non-hydrogen) atoms. The van der Waals surface area contributed by atoms with Gasteiger partial charge in [-0.25, -0.2) is 0 Å². The summed E-state index contributed by atoms with van der Waals surface area (Å²) in [7, 11) is 1.65. The largest absolute Gasteiger partial charge is 0.507 e. The lowest BCUT2D eigenvalue weighted by Crippen LogP contribution is -2.35. The molecule has 1 saturated heterocycles. The summed E-state index contributed by atoms with van der Waals surface area (Å²) >= 11 is 0. The predicted molar refractivity (Wildman–Crippen MR) is 125 cm³/mol. The summed E-state index contributed by atoms with van der Waals surface area (Å²) in [5.41, 5.74) is 0.813. The molecule has 0 aromatic heterocycles. The SMILES string of the molecule is CO[C@H]1C[C@H](C)Oc2cccc(Oc3ccc(O[C@H]4O[C@H](CO)[C@@H](O)[C@H]4O)c4c(O)cccc34)c21. The molecule has 0 aliphatic carbocycles. The van der Waals surface area contributed by atoms with Crippen LogP contribution < -0.4 is 14.2 Å². The maximum atomic E-state index is 10.7. The molecule has 3 aromatic carbocycles. The van der Waals surface area contributed by atoms with Gasteiger partial charge >= 0.3 is 0 Å². The Bertz CT molecular complexity index is 1210. The molecule has 6 atom stereocenters. The normalized spacial score (nSPS) is 27.9. The highest BCUT2D eigenvalue weighted by molar-refractivity contribution is 5.97. The molecule has 186 valence electrons. The summed E-state index contributed by atoms with van der Waals surface area (Å²) < 4.78 is 29.3. The molecule has 0 radical (unpaired) electrons. The fraction of sp³-hybridized carbons (Fsp3) is 0.385. The summed E-state index contributed by atoms with van der Waals surface area (Å²) in [6, 6.07) is 13.8. The van der Waals surface area contributed by atoms with Crippen molar-refractivity contribution >= 4 is 10.8 Å². The number of benzene rings is 3. The van der Waals surface area contributed by atoms with Crippen molar-refractivity contribution in [1.82, 2.24) is 0 Å². The Balaban J connectivity index is 1.52. The van der Waals surface area contributed by atoms with Crippen LogP contribution in [0.5, 0.6) is 28.7 Å². The van der Waals surface area contributed by atoms with E-state index >= 15 is 0 Å². The first-order chi connectivity index (χ1) is 16.9. The Morgan fingerprint density at radius 2 is 1.74 bits per heavy atom. The van der Waals surface area contributed by atoms with E-state index in [-0.39, 0.29) is 23.7 Å². The second kappa shape index (κ2) is 9.52. The van der Waals surface area contributed by atoms with E-state index in [1.165, 1.54) is 6.07 Å². The molecular formula is C26H28O9. The van der Waals surface area contributed by atoms with Crippen molar-refractivity contribution in [2.24, 2.45) is 0 Å². The van der Waals surface area contributed by atoms with E-state index in [4.69, 9.17) is 23.7 Å². The first-order valence-corrected chi connectivity index (χ1v) is 11.4. The van der Waals surface area contributed by atoms with Gasteiger partial charge < -0.3 is 44.1 Å². The van der Waals surface area contributed by atoms with Gasteiger partial charge in [0, 0.05) is 18.9 Å². The van der Waals surface area contributed by atoms with E-state index in [9.17, 15) is 20.4 Å². The minimum Gasteiger partial charge on any atom is -0.507 e. The minimum atomic E-state index is -1.37. The predicted octanol–water partition coefficient (Wildman–Crippen LogP) is 3.01. The molecule has 1 fully saturated rings. The zero-order valence-corrected chi connectivity index (χ0v) is 19.3. The highest BCUT2D eigenvalue weighted by Gasteiger charge is 2.44. The number of hydrogen-bond acceptors (Lipinski definition) is 9. The summed E-state index contributed by atoms with van der Waals surface area (Å²) in [4.78, 5) is 0. The molecule has 9 nitrogen and oxygen atoms in total. The summed E-state index contributed by atoms with van der Waals surface area (Å²) in [6.45, 7) is 1.52. The summed E-state index contributed by atoms with van der Waals surface area (Å²) in [5.74, 6) is 1.90. The van der Waals surface area contributed by atoms with Crippen LogP contribution in [-0.4, -0.2) is 64.8 Å². The van der Waals surface area contributed by atoms with Gasteiger partial charge in [0.05, 0.1) is 29.8 Å². The topological polar surface area (TPSA) is 127 Å². The average molecular weight is 485 g/mol. The van der Waals surface area contributed by atoms with Crippen LogP contribution >= 0.6 is 0 Å². The number of aliphatic hydroxyl groups is 3. The van der Waals surface area contributed by atoms with E-state index in [2.05, 4.69) is 0 Å². The Morgan fingerprint density at radius 1 is 0.971 bits per heavy atom. The third-order valence-electron chi connectivity index (χ3n) is 6.41. The van der Waals surface area contributed by atoms with Gasteiger partial charge in [0.15, 0.2) is 0 Å². The Labute approximate surface area is 202 Å². The number of aromatic hydroxyl groups is 1. The maximum absolute atomic E-state index is 10.7. The molecule has 2 aliphatic rings. The third-order valence-corrected chi connectivity index (χ3v) is 6.41. The van der Waals surface area contributed by atoms with Gasteiger partial charge in [0.2, 0.25) is 6.29 Å². The zero-order valence-electron chi connectivity index (χ0n) is 19.3. The molecule has 2 aliphatic heterocycles. The second-order valence-electron chi connectivity index (χ2n) is 8.74. The van der Waals surface area contributed by atoms with Gasteiger partial charge in [-0.1, -0.05) is 18.2 Å². The molecule has 4 N–H and O–H groups in total. The lowest BCUT2D eigenvalue weighted by Gasteiger charge is -2.31. The van der Waals surface area contributed by atoms with Crippen molar-refractivity contribution in [3.63, 3.8) is 0 Å². The van der Waals surface area contributed by atoms with Gasteiger partial charge in [-0.05, 0) is 37.3 Å². The molecule has 0 unspecified atom stereocenters. The fourth-order valence-corrected chi connectivity index (χ4v) is 4.65. The van der Waals surface area contributed by atoms with Gasteiger partial charge in [-0.15, -0.1) is 0 Å². The molecule has 0 amide bonds. The van der Waals surface area contributed by atoms with Gasteiger partial charge in [-0.2, -0.15) is 0 Å². The van der Waals surface area contributed by atoms with Crippen molar-refractivity contribution in [3.8, 4) is 28.7 Å². The first-order valence-electron chi connectivity index (χ1n) is 11.4. The third kappa shape index (κ3) is 4.26. The molecule has 2 heterocycles. The molecular weight excluding hydrogens is 456 g/mol. The van der Waals surface area contributed by atoms with E-state index in [1.807, 2.05) is 25.1 Å². The van der Waals surface area contributed by atoms with Crippen molar-refractivity contribution in [1.29, 1.82) is 0 Å². The lowest BCUT2D eigenvalue weighted by molar-refractivity contribution is -0.115. The van der Waals surface area contributed by atoms with Gasteiger partial charge in [-0.3, -0.25) is 0 Å². The van der Waals surface area contributed by atoms with Crippen molar-refractivity contribution in [3.05, 3.63) is 54.1 Å². The number of fused-ring (bicyclic) bond motifs is 2. The van der Waals surface area contributed by atoms with Crippen LogP contribution in [0.1, 0.15) is 25.0 Å². The number of methoxy groups -OCH3 is 1. The maximum Gasteiger partial charge on any atom is 0.229 e. The Hall–Kier alpha value is -3.08. The number of hydrogen-bond donors (Lipinski definition) is 4. The highest BCUT2D eigenvalue weighted by Crippen LogP contribution is 2.46. The Kier molecular flexibility index (Phi) is 6.43. The molecule has 5 rings (SSSR count). The smallest absolute Gasteiger partial charge is 0.229 e.